The van der Waals surface area contributed by atoms with Crippen molar-refractivity contribution in [2.75, 3.05) is 7.11 Å². The van der Waals surface area contributed by atoms with Crippen molar-refractivity contribution in [1.82, 2.24) is 4.98 Å². The van der Waals surface area contributed by atoms with Crippen molar-refractivity contribution >= 4 is 11.6 Å². The predicted octanol–water partition coefficient (Wildman–Crippen LogP) is 1.20. The van der Waals surface area contributed by atoms with Gasteiger partial charge in [0, 0.05) is 6.54 Å². The molecule has 0 spiro atoms. The maximum absolute atomic E-state index is 5.72. The molecule has 0 saturated carbocycles. The van der Waals surface area contributed by atoms with E-state index >= 15 is 0 Å². The first-order valence-electron chi connectivity index (χ1n) is 3.17. The fraction of sp³-hybridized carbons (Fsp3) is 0.286. The Kier molecular flexibility index (Phi) is 2.68. The van der Waals surface area contributed by atoms with E-state index in [1.54, 1.807) is 12.1 Å². The Morgan fingerprint density at radius 2 is 2.36 bits per heavy atom. The zero-order valence-corrected chi connectivity index (χ0v) is 6.93. The molecule has 0 fully saturated rings. The Labute approximate surface area is 70.1 Å². The Morgan fingerprint density at radius 1 is 1.64 bits per heavy atom. The molecule has 3 nitrogen and oxygen atoms in total. The van der Waals surface area contributed by atoms with Gasteiger partial charge in [-0.3, -0.25) is 0 Å². The van der Waals surface area contributed by atoms with Gasteiger partial charge in [-0.25, -0.2) is 4.98 Å². The van der Waals surface area contributed by atoms with Crippen LogP contribution in [0, 0.1) is 0 Å². The van der Waals surface area contributed by atoms with Gasteiger partial charge in [-0.2, -0.15) is 0 Å². The Morgan fingerprint density at radius 3 is 2.91 bits per heavy atom. The maximum atomic E-state index is 5.72. The number of hydrogen-bond donors (Lipinski definition) is 1. The maximum Gasteiger partial charge on any atom is 0.232 e. The summed E-state index contributed by atoms with van der Waals surface area (Å²) in [5.74, 6) is 0.426. The summed E-state index contributed by atoms with van der Waals surface area (Å²) in [6, 6.07) is 3.49. The van der Waals surface area contributed by atoms with Gasteiger partial charge in [0.1, 0.15) is 5.02 Å². The van der Waals surface area contributed by atoms with Crippen molar-refractivity contribution in [3.63, 3.8) is 0 Å². The molecule has 0 aliphatic rings. The van der Waals surface area contributed by atoms with Crippen LogP contribution in [0.3, 0.4) is 0 Å². The van der Waals surface area contributed by atoms with E-state index in [0.717, 1.165) is 5.69 Å². The van der Waals surface area contributed by atoms with Crippen molar-refractivity contribution < 1.29 is 4.74 Å². The number of ether oxygens (including phenoxy) is 1. The second kappa shape index (κ2) is 3.55. The summed E-state index contributed by atoms with van der Waals surface area (Å²) in [4.78, 5) is 4.03. The number of pyridine rings is 1. The lowest BCUT2D eigenvalue weighted by atomic mass is 10.3. The van der Waals surface area contributed by atoms with Gasteiger partial charge in [-0.1, -0.05) is 11.6 Å². The third-order valence-corrected chi connectivity index (χ3v) is 1.56. The number of nitrogens with zero attached hydrogens (tertiary/aromatic N) is 1. The number of rotatable bonds is 2. The molecule has 1 rings (SSSR count). The van der Waals surface area contributed by atoms with E-state index in [0.29, 0.717) is 17.4 Å². The molecular formula is C7H9ClN2O. The van der Waals surface area contributed by atoms with Crippen LogP contribution in [0.25, 0.3) is 0 Å². The largest absolute Gasteiger partial charge is 0.480 e. The summed E-state index contributed by atoms with van der Waals surface area (Å²) in [6.07, 6.45) is 0. The molecule has 4 heteroatoms. The SMILES string of the molecule is COc1nc(CN)ccc1Cl. The monoisotopic (exact) mass is 172 g/mol. The molecule has 1 aromatic rings. The van der Waals surface area contributed by atoms with Gasteiger partial charge < -0.3 is 10.5 Å². The lowest BCUT2D eigenvalue weighted by Crippen LogP contribution is -2.00. The van der Waals surface area contributed by atoms with Crippen LogP contribution in [0.1, 0.15) is 5.69 Å². The van der Waals surface area contributed by atoms with Crippen molar-refractivity contribution in [1.29, 1.82) is 0 Å². The zero-order valence-electron chi connectivity index (χ0n) is 6.17. The first-order chi connectivity index (χ1) is 5.27. The molecule has 0 radical (unpaired) electrons. The van der Waals surface area contributed by atoms with Crippen LogP contribution in [-0.2, 0) is 6.54 Å². The first-order valence-corrected chi connectivity index (χ1v) is 3.55. The van der Waals surface area contributed by atoms with Gasteiger partial charge >= 0.3 is 0 Å². The molecule has 0 aliphatic heterocycles. The lowest BCUT2D eigenvalue weighted by Gasteiger charge is -2.02. The summed E-state index contributed by atoms with van der Waals surface area (Å²) < 4.78 is 4.89. The average Bonchev–Trinajstić information content (AvgIpc) is 2.05. The van der Waals surface area contributed by atoms with Crippen LogP contribution < -0.4 is 10.5 Å². The average molecular weight is 173 g/mol. The third-order valence-electron chi connectivity index (χ3n) is 1.27. The minimum absolute atomic E-state index is 0.396. The molecule has 11 heavy (non-hydrogen) atoms. The molecule has 0 aromatic carbocycles. The molecule has 1 heterocycles. The van der Waals surface area contributed by atoms with E-state index in [4.69, 9.17) is 22.1 Å². The van der Waals surface area contributed by atoms with Crippen LogP contribution in [-0.4, -0.2) is 12.1 Å². The van der Waals surface area contributed by atoms with Crippen molar-refractivity contribution in [3.8, 4) is 5.88 Å². The van der Waals surface area contributed by atoms with Crippen LogP contribution >= 0.6 is 11.6 Å². The van der Waals surface area contributed by atoms with E-state index < -0.39 is 0 Å². The van der Waals surface area contributed by atoms with Crippen LogP contribution in [0.15, 0.2) is 12.1 Å². The molecule has 0 unspecified atom stereocenters. The van der Waals surface area contributed by atoms with E-state index in [1.165, 1.54) is 7.11 Å². The number of halogens is 1. The highest BCUT2D eigenvalue weighted by Gasteiger charge is 2.01. The van der Waals surface area contributed by atoms with Gasteiger partial charge in [0.15, 0.2) is 0 Å². The molecular weight excluding hydrogens is 164 g/mol. The second-order valence-corrected chi connectivity index (χ2v) is 2.41. The molecule has 2 N–H and O–H groups in total. The first kappa shape index (κ1) is 8.30. The van der Waals surface area contributed by atoms with Crippen LogP contribution in [0.2, 0.25) is 5.02 Å². The topological polar surface area (TPSA) is 48.1 Å². The smallest absolute Gasteiger partial charge is 0.232 e. The summed E-state index contributed by atoms with van der Waals surface area (Å²) in [7, 11) is 1.52. The van der Waals surface area contributed by atoms with Gasteiger partial charge in [-0.15, -0.1) is 0 Å². The number of hydrogen-bond acceptors (Lipinski definition) is 3. The summed E-state index contributed by atoms with van der Waals surface area (Å²) in [5.41, 5.74) is 6.13. The Balaban J connectivity index is 3.02. The normalized spacial score (nSPS) is 9.73. The number of aromatic nitrogens is 1. The van der Waals surface area contributed by atoms with E-state index in [9.17, 15) is 0 Å². The van der Waals surface area contributed by atoms with Crippen molar-refractivity contribution in [3.05, 3.63) is 22.8 Å². The molecule has 0 aliphatic carbocycles. The van der Waals surface area contributed by atoms with Crippen molar-refractivity contribution in [2.45, 2.75) is 6.54 Å². The predicted molar refractivity (Wildman–Crippen MR) is 43.7 cm³/mol. The Bertz CT molecular complexity index is 252. The van der Waals surface area contributed by atoms with Crippen LogP contribution in [0.4, 0.5) is 0 Å². The number of nitrogens with two attached hydrogens (primary N) is 1. The minimum Gasteiger partial charge on any atom is -0.480 e. The molecule has 0 bridgehead atoms. The van der Waals surface area contributed by atoms with Crippen molar-refractivity contribution in [2.24, 2.45) is 5.73 Å². The standard InChI is InChI=1S/C7H9ClN2O/c1-11-7-6(8)3-2-5(4-9)10-7/h2-3H,4,9H2,1H3. The highest BCUT2D eigenvalue weighted by atomic mass is 35.5. The fourth-order valence-electron chi connectivity index (χ4n) is 0.719. The highest BCUT2D eigenvalue weighted by Crippen LogP contribution is 2.20. The second-order valence-electron chi connectivity index (χ2n) is 2.00. The van der Waals surface area contributed by atoms with Gasteiger partial charge in [0.2, 0.25) is 5.88 Å². The van der Waals surface area contributed by atoms with E-state index in [1.807, 2.05) is 0 Å². The van der Waals surface area contributed by atoms with Gasteiger partial charge in [0.25, 0.3) is 0 Å². The lowest BCUT2D eigenvalue weighted by molar-refractivity contribution is 0.396. The molecule has 0 saturated heterocycles. The van der Waals surface area contributed by atoms with E-state index in [2.05, 4.69) is 4.98 Å². The van der Waals surface area contributed by atoms with Crippen LogP contribution in [0.5, 0.6) is 5.88 Å². The molecule has 1 aromatic heterocycles. The van der Waals surface area contributed by atoms with E-state index in [-0.39, 0.29) is 0 Å². The minimum atomic E-state index is 0.396. The van der Waals surface area contributed by atoms with Gasteiger partial charge in [0.05, 0.1) is 12.8 Å². The summed E-state index contributed by atoms with van der Waals surface area (Å²) >= 11 is 5.72. The molecule has 0 atom stereocenters. The van der Waals surface area contributed by atoms with Gasteiger partial charge in [-0.05, 0) is 12.1 Å². The quantitative estimate of drug-likeness (QED) is 0.730. The fourth-order valence-corrected chi connectivity index (χ4v) is 0.901. The highest BCUT2D eigenvalue weighted by molar-refractivity contribution is 6.31. The molecule has 0 amide bonds. The number of methoxy groups -OCH3 is 1. The summed E-state index contributed by atoms with van der Waals surface area (Å²) in [6.45, 7) is 0.396. The molecule has 60 valence electrons. The summed E-state index contributed by atoms with van der Waals surface area (Å²) in [5, 5.41) is 0.504. The zero-order chi connectivity index (χ0) is 8.27. The Hall–Kier alpha value is -0.800. The third kappa shape index (κ3) is 1.82.